The molecule has 2 heterocycles. The molecule has 0 saturated carbocycles. The predicted molar refractivity (Wildman–Crippen MR) is 196 cm³/mol. The van der Waals surface area contributed by atoms with Crippen LogP contribution in [0.2, 0.25) is 0 Å². The number of allylic oxidation sites excluding steroid dienone is 1. The molecule has 1 aliphatic heterocycles. The smallest absolute Gasteiger partial charge is 0.271 e. The van der Waals surface area contributed by atoms with E-state index >= 15 is 0 Å². The maximum absolute atomic E-state index is 14.2. The molecule has 0 bridgehead atoms. The fraction of sp³-hybridized carbons (Fsp3) is 0.139. The summed E-state index contributed by atoms with van der Waals surface area (Å²) in [4.78, 5) is 43.7. The van der Waals surface area contributed by atoms with Gasteiger partial charge in [0.25, 0.3) is 17.2 Å². The summed E-state index contributed by atoms with van der Waals surface area (Å²) in [5.41, 5.74) is 3.47. The fourth-order valence-corrected chi connectivity index (χ4v) is 7.88. The first-order valence-corrected chi connectivity index (χ1v) is 17.5. The number of thiazole rings is 1. The second-order valence-electron chi connectivity index (χ2n) is 10.9. The summed E-state index contributed by atoms with van der Waals surface area (Å²) in [5, 5.41) is 13.9. The van der Waals surface area contributed by atoms with Crippen LogP contribution in [0.15, 0.2) is 121 Å². The van der Waals surface area contributed by atoms with Crippen molar-refractivity contribution in [1.82, 2.24) is 4.57 Å². The van der Waals surface area contributed by atoms with Crippen LogP contribution >= 0.6 is 43.2 Å². The molecule has 1 aliphatic rings. The average Bonchev–Trinajstić information content (AvgIpc) is 3.38. The molecule has 6 rings (SSSR count). The molecular formula is C36H28Br2N4O6S. The van der Waals surface area contributed by atoms with Gasteiger partial charge in [0.05, 0.1) is 42.3 Å². The van der Waals surface area contributed by atoms with E-state index in [1.54, 1.807) is 41.8 Å². The number of benzene rings is 4. The third-order valence-corrected chi connectivity index (χ3v) is 9.81. The van der Waals surface area contributed by atoms with Gasteiger partial charge in [-0.2, -0.15) is 0 Å². The molecule has 0 saturated heterocycles. The minimum Gasteiger partial charge on any atom is -0.494 e. The van der Waals surface area contributed by atoms with Gasteiger partial charge in [0.15, 0.2) is 4.80 Å². The Kier molecular flexibility index (Phi) is 10.2. The zero-order chi connectivity index (χ0) is 34.7. The van der Waals surface area contributed by atoms with Gasteiger partial charge in [0.1, 0.15) is 18.1 Å². The number of carbonyl (C=O) groups excluding carboxylic acids is 1. The topological polar surface area (TPSA) is 125 Å². The number of nitrogens with one attached hydrogen (secondary N) is 1. The van der Waals surface area contributed by atoms with Gasteiger partial charge in [-0.15, -0.1) is 0 Å². The molecule has 1 amide bonds. The van der Waals surface area contributed by atoms with Gasteiger partial charge in [0.2, 0.25) is 0 Å². The average molecular weight is 805 g/mol. The number of para-hydroxylation sites is 1. The van der Waals surface area contributed by atoms with Crippen LogP contribution in [0.3, 0.4) is 0 Å². The van der Waals surface area contributed by atoms with Crippen molar-refractivity contribution in [3.05, 3.63) is 158 Å². The van der Waals surface area contributed by atoms with Crippen LogP contribution in [0.5, 0.6) is 11.5 Å². The van der Waals surface area contributed by atoms with Crippen LogP contribution in [0.1, 0.15) is 36.6 Å². The standard InChI is InChI=1S/C36H28Br2N4O6S/c1-3-47-27-15-11-24(12-16-27)32-31(34(43)40-25-7-5-4-6-8-25)21(2)39-36-41(32)35(44)30(49-36)19-23-17-28(37)33(29(38)18-23)48-20-22-9-13-26(14-10-22)42(45)46/h4-19,32H,3,20H2,1-2H3,(H,40,43)/b30-19-/t32-/m0/s1. The van der Waals surface area contributed by atoms with E-state index in [0.717, 1.165) is 16.7 Å². The van der Waals surface area contributed by atoms with Crippen molar-refractivity contribution in [3.8, 4) is 11.5 Å². The number of hydrogen-bond acceptors (Lipinski definition) is 8. The number of aromatic nitrogens is 1. The molecule has 13 heteroatoms. The number of nitro benzene ring substituents is 1. The first-order valence-electron chi connectivity index (χ1n) is 15.1. The van der Waals surface area contributed by atoms with Gasteiger partial charge in [-0.05, 0) is 117 Å². The van der Waals surface area contributed by atoms with E-state index in [1.165, 1.54) is 23.5 Å². The molecule has 1 aromatic heterocycles. The van der Waals surface area contributed by atoms with Crippen molar-refractivity contribution in [1.29, 1.82) is 0 Å². The first kappa shape index (κ1) is 34.0. The number of ether oxygens (including phenoxy) is 2. The lowest BCUT2D eigenvalue weighted by Gasteiger charge is -2.25. The number of fused-ring (bicyclic) bond motifs is 1. The summed E-state index contributed by atoms with van der Waals surface area (Å²) in [5.74, 6) is 0.876. The molecule has 248 valence electrons. The Bertz CT molecular complexity index is 2240. The van der Waals surface area contributed by atoms with E-state index in [4.69, 9.17) is 14.5 Å². The minimum absolute atomic E-state index is 0.00776. The Labute approximate surface area is 301 Å². The summed E-state index contributed by atoms with van der Waals surface area (Å²) >= 11 is 8.41. The molecule has 1 N–H and O–H groups in total. The summed E-state index contributed by atoms with van der Waals surface area (Å²) in [6.07, 6.45) is 1.78. The number of non-ortho nitro benzene ring substituents is 1. The molecule has 0 aliphatic carbocycles. The van der Waals surface area contributed by atoms with Gasteiger partial charge in [0, 0.05) is 17.8 Å². The molecule has 0 radical (unpaired) electrons. The summed E-state index contributed by atoms with van der Waals surface area (Å²) in [7, 11) is 0. The number of nitrogens with zero attached hydrogens (tertiary/aromatic N) is 3. The lowest BCUT2D eigenvalue weighted by molar-refractivity contribution is -0.384. The SMILES string of the molecule is CCOc1ccc([C@H]2C(C(=O)Nc3ccccc3)=C(C)N=c3s/c(=C\c4cc(Br)c(OCc5ccc([N+](=O)[O-])cc5)c(Br)c4)c(=O)n32)cc1. The van der Waals surface area contributed by atoms with Crippen molar-refractivity contribution in [2.24, 2.45) is 4.99 Å². The molecule has 49 heavy (non-hydrogen) atoms. The second-order valence-corrected chi connectivity index (χ2v) is 13.6. The molecule has 1 atom stereocenters. The number of rotatable bonds is 10. The highest BCUT2D eigenvalue weighted by Gasteiger charge is 2.32. The van der Waals surface area contributed by atoms with Gasteiger partial charge in [-0.25, -0.2) is 4.99 Å². The maximum Gasteiger partial charge on any atom is 0.271 e. The van der Waals surface area contributed by atoms with Crippen molar-refractivity contribution in [2.45, 2.75) is 26.5 Å². The van der Waals surface area contributed by atoms with Crippen molar-refractivity contribution >= 4 is 66.6 Å². The Morgan fingerprint density at radius 1 is 1.02 bits per heavy atom. The quantitative estimate of drug-likeness (QED) is 0.117. The lowest BCUT2D eigenvalue weighted by atomic mass is 9.95. The van der Waals surface area contributed by atoms with E-state index in [0.29, 0.717) is 53.3 Å². The van der Waals surface area contributed by atoms with Crippen LogP contribution < -0.4 is 29.7 Å². The number of halogens is 2. The number of nitro groups is 1. The highest BCUT2D eigenvalue weighted by Crippen LogP contribution is 2.36. The first-order chi connectivity index (χ1) is 23.6. The summed E-state index contributed by atoms with van der Waals surface area (Å²) in [6, 6.07) is 25.6. The van der Waals surface area contributed by atoms with E-state index < -0.39 is 11.0 Å². The number of hydrogen-bond donors (Lipinski definition) is 1. The third-order valence-electron chi connectivity index (χ3n) is 7.65. The van der Waals surface area contributed by atoms with Gasteiger partial charge < -0.3 is 14.8 Å². The zero-order valence-electron chi connectivity index (χ0n) is 26.2. The van der Waals surface area contributed by atoms with Crippen molar-refractivity contribution in [2.75, 3.05) is 11.9 Å². The Balaban J connectivity index is 1.36. The molecule has 4 aromatic carbocycles. The zero-order valence-corrected chi connectivity index (χ0v) is 30.2. The van der Waals surface area contributed by atoms with Gasteiger partial charge in [-0.3, -0.25) is 24.3 Å². The monoisotopic (exact) mass is 802 g/mol. The van der Waals surface area contributed by atoms with Gasteiger partial charge >= 0.3 is 0 Å². The summed E-state index contributed by atoms with van der Waals surface area (Å²) in [6.45, 7) is 4.39. The van der Waals surface area contributed by atoms with Crippen LogP contribution in [0.25, 0.3) is 6.08 Å². The number of amides is 1. The Morgan fingerprint density at radius 2 is 1.69 bits per heavy atom. The van der Waals surface area contributed by atoms with Crippen molar-refractivity contribution in [3.63, 3.8) is 0 Å². The lowest BCUT2D eigenvalue weighted by Crippen LogP contribution is -2.40. The molecular weight excluding hydrogens is 776 g/mol. The fourth-order valence-electron chi connectivity index (χ4n) is 5.38. The van der Waals surface area contributed by atoms with Crippen LogP contribution in [0, 0.1) is 10.1 Å². The van der Waals surface area contributed by atoms with Crippen LogP contribution in [-0.4, -0.2) is 22.0 Å². The minimum atomic E-state index is -0.730. The molecule has 0 fully saturated rings. The number of anilines is 1. The number of carbonyl (C=O) groups is 1. The predicted octanol–water partition coefficient (Wildman–Crippen LogP) is 7.28. The van der Waals surface area contributed by atoms with Crippen molar-refractivity contribution < 1.29 is 19.2 Å². The van der Waals surface area contributed by atoms with Gasteiger partial charge in [-0.1, -0.05) is 41.7 Å². The van der Waals surface area contributed by atoms with E-state index in [9.17, 15) is 19.7 Å². The largest absolute Gasteiger partial charge is 0.494 e. The second kappa shape index (κ2) is 14.7. The highest BCUT2D eigenvalue weighted by molar-refractivity contribution is 9.11. The van der Waals surface area contributed by atoms with Crippen LogP contribution in [0.4, 0.5) is 11.4 Å². The summed E-state index contributed by atoms with van der Waals surface area (Å²) < 4.78 is 15.0. The molecule has 5 aromatic rings. The maximum atomic E-state index is 14.2. The normalized spacial score (nSPS) is 14.2. The molecule has 0 unspecified atom stereocenters. The third kappa shape index (κ3) is 7.43. The van der Waals surface area contributed by atoms with E-state index in [1.807, 2.05) is 61.5 Å². The Morgan fingerprint density at radius 3 is 2.33 bits per heavy atom. The van der Waals surface area contributed by atoms with E-state index in [-0.39, 0.29) is 23.8 Å². The van der Waals surface area contributed by atoms with E-state index in [2.05, 4.69) is 37.2 Å². The van der Waals surface area contributed by atoms with Crippen LogP contribution in [-0.2, 0) is 11.4 Å². The highest BCUT2D eigenvalue weighted by atomic mass is 79.9. The molecule has 0 spiro atoms. The molecule has 10 nitrogen and oxygen atoms in total. The Hall–Kier alpha value is -4.85.